The third kappa shape index (κ3) is 2.00. The molecule has 2 heteroatoms. The molecular weight excluding hydrogens is 220 g/mol. The summed E-state index contributed by atoms with van der Waals surface area (Å²) in [6.45, 7) is 0. The van der Waals surface area contributed by atoms with Crippen LogP contribution in [0.5, 0.6) is 0 Å². The van der Waals surface area contributed by atoms with Gasteiger partial charge in [0.15, 0.2) is 5.82 Å². The average molecular weight is 232 g/mol. The fourth-order valence-corrected chi connectivity index (χ4v) is 2.00. The smallest absolute Gasteiger partial charge is 0.160 e. The molecular formula is C16H12N2. The molecule has 0 aliphatic carbocycles. The van der Waals surface area contributed by atoms with Crippen molar-refractivity contribution < 1.29 is 0 Å². The van der Waals surface area contributed by atoms with Gasteiger partial charge in [-0.3, -0.25) is 0 Å². The minimum Gasteiger partial charge on any atom is -0.235 e. The van der Waals surface area contributed by atoms with Gasteiger partial charge in [-0.15, -0.1) is 0 Å². The van der Waals surface area contributed by atoms with Gasteiger partial charge in [-0.1, -0.05) is 60.7 Å². The Hall–Kier alpha value is -2.48. The summed E-state index contributed by atoms with van der Waals surface area (Å²) in [6, 6.07) is 20.5. The molecule has 18 heavy (non-hydrogen) atoms. The number of aliphatic imine (C=N–C) groups is 2. The van der Waals surface area contributed by atoms with Crippen molar-refractivity contribution in [2.45, 2.75) is 0 Å². The van der Waals surface area contributed by atoms with Crippen LogP contribution < -0.4 is 0 Å². The van der Waals surface area contributed by atoms with Crippen LogP contribution in [0, 0.1) is 0 Å². The molecule has 0 amide bonds. The fraction of sp³-hybridized carbons (Fsp3) is 0. The predicted molar refractivity (Wildman–Crippen MR) is 75.9 cm³/mol. The quantitative estimate of drug-likeness (QED) is 0.756. The Labute approximate surface area is 106 Å². The molecule has 0 bridgehead atoms. The number of nitrogens with zero attached hydrogens (tertiary/aromatic N) is 2. The van der Waals surface area contributed by atoms with Crippen LogP contribution in [0.15, 0.2) is 76.5 Å². The van der Waals surface area contributed by atoms with Crippen molar-refractivity contribution in [1.29, 1.82) is 0 Å². The Bertz CT molecular complexity index is 567. The zero-order chi connectivity index (χ0) is 12.2. The number of benzene rings is 2. The van der Waals surface area contributed by atoms with Gasteiger partial charge in [0.2, 0.25) is 0 Å². The Balaban J connectivity index is 2.21. The van der Waals surface area contributed by atoms with Crippen molar-refractivity contribution in [2.75, 3.05) is 0 Å². The van der Waals surface area contributed by atoms with E-state index in [4.69, 9.17) is 0 Å². The van der Waals surface area contributed by atoms with Gasteiger partial charge in [-0.25, -0.2) is 9.98 Å². The maximum atomic E-state index is 4.32. The summed E-state index contributed by atoms with van der Waals surface area (Å²) in [5, 5.41) is 0. The van der Waals surface area contributed by atoms with E-state index >= 15 is 0 Å². The summed E-state index contributed by atoms with van der Waals surface area (Å²) in [5.41, 5.74) is 3.34. The Morgan fingerprint density at radius 3 is 1.50 bits per heavy atom. The van der Waals surface area contributed by atoms with Gasteiger partial charge >= 0.3 is 0 Å². The number of hydrogen-bond acceptors (Lipinski definition) is 2. The topological polar surface area (TPSA) is 24.7 Å². The summed E-state index contributed by atoms with van der Waals surface area (Å²) >= 11 is 0. The normalized spacial score (nSPS) is 13.0. The third-order valence-corrected chi connectivity index (χ3v) is 2.81. The molecule has 2 nitrogen and oxygen atoms in total. The Morgan fingerprint density at radius 1 is 0.611 bits per heavy atom. The molecule has 1 aliphatic heterocycles. The summed E-state index contributed by atoms with van der Waals surface area (Å²) in [4.78, 5) is 8.64. The van der Waals surface area contributed by atoms with Gasteiger partial charge in [-0.2, -0.15) is 0 Å². The number of hydrogen-bond donors (Lipinski definition) is 0. The van der Waals surface area contributed by atoms with Gasteiger partial charge in [0.25, 0.3) is 0 Å². The van der Waals surface area contributed by atoms with Gasteiger partial charge < -0.3 is 0 Å². The molecule has 0 atom stereocenters. The summed E-state index contributed by atoms with van der Waals surface area (Å²) < 4.78 is 0. The van der Waals surface area contributed by atoms with Gasteiger partial charge in [0.1, 0.15) is 0 Å². The predicted octanol–water partition coefficient (Wildman–Crippen LogP) is 3.56. The summed E-state index contributed by atoms with van der Waals surface area (Å²) in [7, 11) is 0. The Kier molecular flexibility index (Phi) is 2.84. The van der Waals surface area contributed by atoms with Crippen LogP contribution in [0.25, 0.3) is 5.57 Å². The van der Waals surface area contributed by atoms with E-state index in [1.54, 1.807) is 12.4 Å². The molecule has 0 saturated heterocycles. The minimum absolute atomic E-state index is 0.771. The second-order valence-electron chi connectivity index (χ2n) is 3.99. The summed E-state index contributed by atoms with van der Waals surface area (Å²) in [5.74, 6) is 0.771. The van der Waals surface area contributed by atoms with E-state index in [2.05, 4.69) is 34.3 Å². The van der Waals surface area contributed by atoms with Crippen molar-refractivity contribution >= 4 is 18.0 Å². The van der Waals surface area contributed by atoms with Crippen LogP contribution in [0.3, 0.4) is 0 Å². The first kappa shape index (κ1) is 10.7. The van der Waals surface area contributed by atoms with Crippen molar-refractivity contribution in [3.8, 4) is 0 Å². The van der Waals surface area contributed by atoms with Crippen LogP contribution in [-0.2, 0) is 0 Å². The van der Waals surface area contributed by atoms with Crippen LogP contribution in [0.2, 0.25) is 0 Å². The monoisotopic (exact) mass is 232 g/mol. The molecule has 86 valence electrons. The van der Waals surface area contributed by atoms with Crippen molar-refractivity contribution in [3.05, 3.63) is 77.6 Å². The maximum Gasteiger partial charge on any atom is 0.160 e. The highest BCUT2D eigenvalue weighted by Gasteiger charge is 2.11. The van der Waals surface area contributed by atoms with Crippen LogP contribution >= 0.6 is 0 Å². The molecule has 0 saturated carbocycles. The number of rotatable bonds is 2. The lowest BCUT2D eigenvalue weighted by atomic mass is 9.98. The van der Waals surface area contributed by atoms with E-state index in [-0.39, 0.29) is 0 Å². The SMILES string of the molecule is C1=NC(=C(c2ccccc2)c2ccccc2)N=C1. The third-order valence-electron chi connectivity index (χ3n) is 2.81. The zero-order valence-electron chi connectivity index (χ0n) is 9.82. The molecule has 1 heterocycles. The van der Waals surface area contributed by atoms with Crippen LogP contribution in [-0.4, -0.2) is 12.4 Å². The first-order chi connectivity index (χ1) is 8.95. The van der Waals surface area contributed by atoms with Crippen molar-refractivity contribution in [3.63, 3.8) is 0 Å². The highest BCUT2D eigenvalue weighted by atomic mass is 15.0. The van der Waals surface area contributed by atoms with E-state index in [0.29, 0.717) is 0 Å². The maximum absolute atomic E-state index is 4.32. The molecule has 0 aromatic heterocycles. The lowest BCUT2D eigenvalue weighted by Gasteiger charge is -2.09. The second-order valence-corrected chi connectivity index (χ2v) is 3.99. The second kappa shape index (κ2) is 4.80. The van der Waals surface area contributed by atoms with E-state index in [1.165, 1.54) is 0 Å². The van der Waals surface area contributed by atoms with Crippen LogP contribution in [0.1, 0.15) is 11.1 Å². The molecule has 0 N–H and O–H groups in total. The Morgan fingerprint density at radius 2 is 1.06 bits per heavy atom. The highest BCUT2D eigenvalue weighted by Crippen LogP contribution is 2.28. The standard InChI is InChI=1S/C16H12N2/c1-3-7-13(8-4-1)15(16-17-11-12-18-16)14-9-5-2-6-10-14/h1-12H. The zero-order valence-corrected chi connectivity index (χ0v) is 9.82. The molecule has 2 aromatic rings. The molecule has 0 radical (unpaired) electrons. The average Bonchev–Trinajstić information content (AvgIpc) is 2.95. The van der Waals surface area contributed by atoms with E-state index in [0.717, 1.165) is 22.5 Å². The lowest BCUT2D eigenvalue weighted by molar-refractivity contribution is 1.28. The van der Waals surface area contributed by atoms with Gasteiger partial charge in [0.05, 0.1) is 0 Å². The minimum atomic E-state index is 0.771. The first-order valence-corrected chi connectivity index (χ1v) is 5.87. The van der Waals surface area contributed by atoms with Gasteiger partial charge in [-0.05, 0) is 11.1 Å². The molecule has 0 fully saturated rings. The molecule has 0 spiro atoms. The fourth-order valence-electron chi connectivity index (χ4n) is 2.00. The van der Waals surface area contributed by atoms with Crippen molar-refractivity contribution in [2.24, 2.45) is 9.98 Å². The van der Waals surface area contributed by atoms with Crippen LogP contribution in [0.4, 0.5) is 0 Å². The highest BCUT2D eigenvalue weighted by molar-refractivity contribution is 6.19. The first-order valence-electron chi connectivity index (χ1n) is 5.87. The van der Waals surface area contributed by atoms with E-state index in [9.17, 15) is 0 Å². The lowest BCUT2D eigenvalue weighted by Crippen LogP contribution is -1.90. The molecule has 0 unspecified atom stereocenters. The van der Waals surface area contributed by atoms with Crippen molar-refractivity contribution in [1.82, 2.24) is 0 Å². The molecule has 2 aromatic carbocycles. The largest absolute Gasteiger partial charge is 0.235 e. The van der Waals surface area contributed by atoms with E-state index in [1.807, 2.05) is 36.4 Å². The molecule has 3 rings (SSSR count). The van der Waals surface area contributed by atoms with E-state index < -0.39 is 0 Å². The summed E-state index contributed by atoms with van der Waals surface area (Å²) in [6.07, 6.45) is 3.45. The molecule has 1 aliphatic rings. The van der Waals surface area contributed by atoms with Gasteiger partial charge in [0, 0.05) is 18.0 Å².